The zero-order chi connectivity index (χ0) is 14.5. The van der Waals surface area contributed by atoms with Crippen LogP contribution in [0.25, 0.3) is 10.8 Å². The molecular weight excluding hydrogens is 262 g/mol. The van der Waals surface area contributed by atoms with E-state index in [1.54, 1.807) is 13.2 Å². The second kappa shape index (κ2) is 6.18. The fourth-order valence-electron chi connectivity index (χ4n) is 2.17. The number of benzene rings is 1. The van der Waals surface area contributed by atoms with Crippen molar-refractivity contribution in [3.8, 4) is 0 Å². The van der Waals surface area contributed by atoms with E-state index in [2.05, 4.69) is 0 Å². The van der Waals surface area contributed by atoms with Crippen molar-refractivity contribution in [2.45, 2.75) is 19.3 Å². The summed E-state index contributed by atoms with van der Waals surface area (Å²) in [6.45, 7) is 1.59. The van der Waals surface area contributed by atoms with Crippen molar-refractivity contribution in [1.82, 2.24) is 0 Å². The first-order valence-electron chi connectivity index (χ1n) is 6.35. The molecule has 1 aromatic heterocycles. The van der Waals surface area contributed by atoms with Crippen LogP contribution in [0.2, 0.25) is 0 Å². The number of hydrogen-bond donors (Lipinski definition) is 0. The quantitative estimate of drug-likeness (QED) is 0.460. The fourth-order valence-corrected chi connectivity index (χ4v) is 2.17. The van der Waals surface area contributed by atoms with Crippen molar-refractivity contribution in [3.05, 3.63) is 46.4 Å². The van der Waals surface area contributed by atoms with Crippen molar-refractivity contribution in [2.75, 3.05) is 13.2 Å². The van der Waals surface area contributed by atoms with E-state index in [9.17, 15) is 14.9 Å². The molecule has 0 N–H and O–H groups in total. The lowest BCUT2D eigenvalue weighted by molar-refractivity contribution is -0.483. The molecule has 0 bridgehead atoms. The molecule has 0 saturated heterocycles. The lowest BCUT2D eigenvalue weighted by Crippen LogP contribution is -2.17. The van der Waals surface area contributed by atoms with Gasteiger partial charge in [-0.15, -0.1) is 0 Å². The van der Waals surface area contributed by atoms with Crippen LogP contribution in [0.3, 0.4) is 0 Å². The third-order valence-electron chi connectivity index (χ3n) is 3.00. The van der Waals surface area contributed by atoms with Gasteiger partial charge in [0.25, 0.3) is 0 Å². The molecule has 0 saturated carbocycles. The predicted octanol–water partition coefficient (Wildman–Crippen LogP) is 2.75. The summed E-state index contributed by atoms with van der Waals surface area (Å²) in [5.41, 5.74) is 0. The summed E-state index contributed by atoms with van der Waals surface area (Å²) < 4.78 is 10.3. The topological polar surface area (TPSA) is 82.6 Å². The number of esters is 1. The molecule has 2 rings (SSSR count). The van der Waals surface area contributed by atoms with Crippen LogP contribution in [0.15, 0.2) is 34.9 Å². The first-order chi connectivity index (χ1) is 9.61. The number of furan rings is 1. The van der Waals surface area contributed by atoms with Crippen LogP contribution in [-0.4, -0.2) is 24.0 Å². The van der Waals surface area contributed by atoms with Crippen LogP contribution in [0.1, 0.15) is 25.0 Å². The number of hydrogen-bond acceptors (Lipinski definition) is 5. The van der Waals surface area contributed by atoms with Gasteiger partial charge in [-0.1, -0.05) is 24.3 Å². The average Bonchev–Trinajstić information content (AvgIpc) is 2.81. The number of rotatable bonds is 6. The minimum Gasteiger partial charge on any atom is -0.467 e. The van der Waals surface area contributed by atoms with Crippen LogP contribution in [0.5, 0.6) is 0 Å². The maximum absolute atomic E-state index is 11.6. The Morgan fingerprint density at radius 2 is 2.20 bits per heavy atom. The van der Waals surface area contributed by atoms with Gasteiger partial charge >= 0.3 is 5.97 Å². The summed E-state index contributed by atoms with van der Waals surface area (Å²) in [5.74, 6) is -0.617. The van der Waals surface area contributed by atoms with Crippen molar-refractivity contribution >= 4 is 16.7 Å². The van der Waals surface area contributed by atoms with E-state index >= 15 is 0 Å². The molecule has 0 aliphatic heterocycles. The highest BCUT2D eigenvalue weighted by molar-refractivity contribution is 5.85. The number of carbonyl (C=O) groups excluding carboxylic acids is 1. The van der Waals surface area contributed by atoms with Crippen molar-refractivity contribution < 1.29 is 18.9 Å². The van der Waals surface area contributed by atoms with Gasteiger partial charge in [0.2, 0.25) is 6.54 Å². The normalized spacial score (nSPS) is 12.2. The molecule has 6 heteroatoms. The lowest BCUT2D eigenvalue weighted by Gasteiger charge is -2.10. The average molecular weight is 277 g/mol. The Labute approximate surface area is 115 Å². The molecule has 1 heterocycles. The number of fused-ring (bicyclic) bond motifs is 1. The lowest BCUT2D eigenvalue weighted by atomic mass is 9.99. The van der Waals surface area contributed by atoms with Crippen LogP contribution in [-0.2, 0) is 9.53 Å². The van der Waals surface area contributed by atoms with E-state index in [-0.39, 0.29) is 19.6 Å². The second-order valence-corrected chi connectivity index (χ2v) is 4.41. The van der Waals surface area contributed by atoms with Crippen LogP contribution in [0, 0.1) is 10.1 Å². The van der Waals surface area contributed by atoms with Gasteiger partial charge in [0, 0.05) is 15.7 Å². The van der Waals surface area contributed by atoms with Gasteiger partial charge in [0.05, 0.1) is 25.2 Å². The SMILES string of the molecule is CCOC(=O)CC(C[N+](=O)[O-])c1occ2ccccc12. The molecule has 2 aromatic rings. The smallest absolute Gasteiger partial charge is 0.306 e. The van der Waals surface area contributed by atoms with E-state index in [0.717, 1.165) is 10.8 Å². The summed E-state index contributed by atoms with van der Waals surface area (Å²) in [5, 5.41) is 12.4. The van der Waals surface area contributed by atoms with Gasteiger partial charge in [-0.25, -0.2) is 0 Å². The maximum atomic E-state index is 11.6. The molecular formula is C14H15NO5. The summed E-state index contributed by atoms with van der Waals surface area (Å²) in [6.07, 6.45) is 1.48. The molecule has 0 spiro atoms. The zero-order valence-corrected chi connectivity index (χ0v) is 11.1. The molecule has 0 radical (unpaired) electrons. The van der Waals surface area contributed by atoms with E-state index in [1.165, 1.54) is 0 Å². The van der Waals surface area contributed by atoms with E-state index in [4.69, 9.17) is 9.15 Å². The highest BCUT2D eigenvalue weighted by atomic mass is 16.6. The summed E-state index contributed by atoms with van der Waals surface area (Å²) in [6, 6.07) is 7.37. The Kier molecular flexibility index (Phi) is 4.34. The van der Waals surface area contributed by atoms with Crippen LogP contribution in [0.4, 0.5) is 0 Å². The fraction of sp³-hybridized carbons (Fsp3) is 0.357. The monoisotopic (exact) mass is 277 g/mol. The second-order valence-electron chi connectivity index (χ2n) is 4.41. The summed E-state index contributed by atoms with van der Waals surface area (Å²) in [4.78, 5) is 21.9. The first-order valence-corrected chi connectivity index (χ1v) is 6.35. The van der Waals surface area contributed by atoms with E-state index in [1.807, 2.05) is 24.3 Å². The molecule has 0 aliphatic rings. The Hall–Kier alpha value is -2.37. The number of carbonyl (C=O) groups is 1. The summed E-state index contributed by atoms with van der Waals surface area (Å²) >= 11 is 0. The molecule has 0 fully saturated rings. The third kappa shape index (κ3) is 3.14. The van der Waals surface area contributed by atoms with Crippen molar-refractivity contribution in [3.63, 3.8) is 0 Å². The number of ether oxygens (including phenoxy) is 1. The van der Waals surface area contributed by atoms with Gasteiger partial charge < -0.3 is 9.15 Å². The standard InChI is InChI=1S/C14H15NO5/c1-2-19-13(16)7-11(8-15(17)18)14-12-6-4-3-5-10(12)9-20-14/h3-6,9,11H,2,7-8H2,1H3. The van der Waals surface area contributed by atoms with Crippen molar-refractivity contribution in [1.29, 1.82) is 0 Å². The Morgan fingerprint density at radius 3 is 2.90 bits per heavy atom. The van der Waals surface area contributed by atoms with Gasteiger partial charge in [-0.3, -0.25) is 14.9 Å². The molecule has 1 unspecified atom stereocenters. The number of nitrogens with zero attached hydrogens (tertiary/aromatic N) is 1. The minimum atomic E-state index is -0.621. The minimum absolute atomic E-state index is 0.0632. The molecule has 106 valence electrons. The predicted molar refractivity (Wildman–Crippen MR) is 72.1 cm³/mol. The van der Waals surface area contributed by atoms with Gasteiger partial charge in [0.1, 0.15) is 5.76 Å². The highest BCUT2D eigenvalue weighted by Crippen LogP contribution is 2.30. The molecule has 20 heavy (non-hydrogen) atoms. The number of nitro groups is 1. The molecule has 1 aromatic carbocycles. The molecule has 0 amide bonds. The van der Waals surface area contributed by atoms with Crippen molar-refractivity contribution in [2.24, 2.45) is 0 Å². The Bertz CT molecular complexity index is 619. The van der Waals surface area contributed by atoms with E-state index in [0.29, 0.717) is 5.76 Å². The Morgan fingerprint density at radius 1 is 1.45 bits per heavy atom. The van der Waals surface area contributed by atoms with E-state index < -0.39 is 16.8 Å². The van der Waals surface area contributed by atoms with Crippen LogP contribution < -0.4 is 0 Å². The van der Waals surface area contributed by atoms with Gasteiger partial charge in [-0.2, -0.15) is 0 Å². The highest BCUT2D eigenvalue weighted by Gasteiger charge is 2.26. The van der Waals surface area contributed by atoms with Crippen LogP contribution >= 0.6 is 0 Å². The Balaban J connectivity index is 2.30. The van der Waals surface area contributed by atoms with Gasteiger partial charge in [0.15, 0.2) is 0 Å². The summed E-state index contributed by atoms with van der Waals surface area (Å²) in [7, 11) is 0. The largest absolute Gasteiger partial charge is 0.467 e. The molecule has 0 aliphatic carbocycles. The molecule has 1 atom stereocenters. The maximum Gasteiger partial charge on any atom is 0.306 e. The van der Waals surface area contributed by atoms with Gasteiger partial charge in [-0.05, 0) is 6.92 Å². The first kappa shape index (κ1) is 14.0. The third-order valence-corrected chi connectivity index (χ3v) is 3.00. The molecule has 6 nitrogen and oxygen atoms in total. The zero-order valence-electron chi connectivity index (χ0n) is 11.1.